The molecule has 2 heterocycles. The normalized spacial score (nSPS) is 23.7. The SMILES string of the molecule is COc1cc(C(=O)O[C@H](C(=O)NCCN2CCCC(O)C2)[C@]2(C)CO2)c2cccc(C)c2c1. The summed E-state index contributed by atoms with van der Waals surface area (Å²) in [5, 5.41) is 14.3. The van der Waals surface area contributed by atoms with Gasteiger partial charge in [-0.05, 0) is 61.7 Å². The summed E-state index contributed by atoms with van der Waals surface area (Å²) in [7, 11) is 1.55. The molecule has 8 heteroatoms. The number of likely N-dealkylation sites (tertiary alicyclic amines) is 1. The fraction of sp³-hybridized carbons (Fsp3) is 0.520. The van der Waals surface area contributed by atoms with Crippen LogP contribution >= 0.6 is 0 Å². The van der Waals surface area contributed by atoms with E-state index in [0.717, 1.165) is 35.7 Å². The van der Waals surface area contributed by atoms with E-state index in [9.17, 15) is 14.7 Å². The van der Waals surface area contributed by atoms with E-state index in [-0.39, 0.29) is 12.0 Å². The Balaban J connectivity index is 1.47. The molecule has 33 heavy (non-hydrogen) atoms. The minimum absolute atomic E-state index is 0.316. The van der Waals surface area contributed by atoms with Crippen molar-refractivity contribution < 1.29 is 28.9 Å². The topological polar surface area (TPSA) is 101 Å². The number of carbonyl (C=O) groups excluding carboxylic acids is 2. The van der Waals surface area contributed by atoms with Crippen LogP contribution in [0.3, 0.4) is 0 Å². The Kier molecular flexibility index (Phi) is 6.88. The molecule has 2 saturated heterocycles. The van der Waals surface area contributed by atoms with Gasteiger partial charge in [-0.15, -0.1) is 0 Å². The molecule has 0 aromatic heterocycles. The van der Waals surface area contributed by atoms with E-state index >= 15 is 0 Å². The number of piperidine rings is 1. The Morgan fingerprint density at radius 2 is 2.12 bits per heavy atom. The van der Waals surface area contributed by atoms with Gasteiger partial charge in [0.25, 0.3) is 5.91 Å². The summed E-state index contributed by atoms with van der Waals surface area (Å²) in [5.41, 5.74) is 0.513. The summed E-state index contributed by atoms with van der Waals surface area (Å²) in [6.07, 6.45) is 0.371. The number of nitrogens with zero attached hydrogens (tertiary/aromatic N) is 1. The Morgan fingerprint density at radius 3 is 2.82 bits per heavy atom. The molecule has 0 spiro atoms. The van der Waals surface area contributed by atoms with Crippen molar-refractivity contribution in [3.63, 3.8) is 0 Å². The zero-order chi connectivity index (χ0) is 23.6. The number of esters is 1. The molecule has 0 radical (unpaired) electrons. The number of β-amino-alcohol motifs (C(OH)–C–C–N with tert-alkyl or cyclic N) is 1. The lowest BCUT2D eigenvalue weighted by atomic mass is 10.00. The fourth-order valence-corrected chi connectivity index (χ4v) is 4.35. The number of amides is 1. The lowest BCUT2D eigenvalue weighted by Crippen LogP contribution is -2.48. The van der Waals surface area contributed by atoms with Gasteiger partial charge in [-0.3, -0.25) is 9.69 Å². The number of aliphatic hydroxyl groups is 1. The number of methoxy groups -OCH3 is 1. The second-order valence-electron chi connectivity index (χ2n) is 9.12. The number of rotatable bonds is 8. The third kappa shape index (κ3) is 5.29. The van der Waals surface area contributed by atoms with E-state index in [0.29, 0.717) is 37.6 Å². The number of epoxide rings is 1. The molecule has 3 atom stereocenters. The highest BCUT2D eigenvalue weighted by Gasteiger charge is 2.53. The second kappa shape index (κ2) is 9.67. The van der Waals surface area contributed by atoms with Gasteiger partial charge in [0.05, 0.1) is 25.4 Å². The van der Waals surface area contributed by atoms with Crippen LogP contribution in [0.2, 0.25) is 0 Å². The molecule has 8 nitrogen and oxygen atoms in total. The average Bonchev–Trinajstić information content (AvgIpc) is 3.55. The molecule has 0 aliphatic carbocycles. The first-order valence-electron chi connectivity index (χ1n) is 11.4. The first kappa shape index (κ1) is 23.5. The van der Waals surface area contributed by atoms with Gasteiger partial charge < -0.3 is 24.6 Å². The van der Waals surface area contributed by atoms with Crippen molar-refractivity contribution in [3.05, 3.63) is 41.5 Å². The minimum atomic E-state index is -1.07. The first-order chi connectivity index (χ1) is 15.8. The van der Waals surface area contributed by atoms with Crippen molar-refractivity contribution in [1.82, 2.24) is 10.2 Å². The number of benzene rings is 2. The van der Waals surface area contributed by atoms with Crippen molar-refractivity contribution in [2.45, 2.75) is 44.5 Å². The smallest absolute Gasteiger partial charge is 0.339 e. The number of carbonyl (C=O) groups is 2. The molecule has 0 saturated carbocycles. The quantitative estimate of drug-likeness (QED) is 0.463. The monoisotopic (exact) mass is 456 g/mol. The molecule has 2 aliphatic rings. The maximum atomic E-state index is 13.2. The molecule has 1 amide bonds. The van der Waals surface area contributed by atoms with Crippen molar-refractivity contribution >= 4 is 22.6 Å². The zero-order valence-electron chi connectivity index (χ0n) is 19.4. The van der Waals surface area contributed by atoms with Crippen LogP contribution in [0.4, 0.5) is 0 Å². The van der Waals surface area contributed by atoms with Crippen LogP contribution in [0.25, 0.3) is 10.8 Å². The molecule has 2 aliphatic heterocycles. The van der Waals surface area contributed by atoms with Crippen molar-refractivity contribution in [2.24, 2.45) is 0 Å². The largest absolute Gasteiger partial charge is 0.497 e. The highest BCUT2D eigenvalue weighted by Crippen LogP contribution is 2.34. The number of aryl methyl sites for hydroxylation is 1. The molecule has 2 fully saturated rings. The van der Waals surface area contributed by atoms with Gasteiger partial charge in [0.2, 0.25) is 6.10 Å². The van der Waals surface area contributed by atoms with Crippen LogP contribution in [0.5, 0.6) is 5.75 Å². The number of aliphatic hydroxyl groups excluding tert-OH is 1. The first-order valence-corrected chi connectivity index (χ1v) is 11.4. The Morgan fingerprint density at radius 1 is 1.33 bits per heavy atom. The summed E-state index contributed by atoms with van der Waals surface area (Å²) >= 11 is 0. The number of hydrogen-bond donors (Lipinski definition) is 2. The average molecular weight is 457 g/mol. The van der Waals surface area contributed by atoms with E-state index < -0.39 is 17.7 Å². The van der Waals surface area contributed by atoms with E-state index in [1.165, 1.54) is 0 Å². The molecule has 1 unspecified atom stereocenters. The number of fused-ring (bicyclic) bond motifs is 1. The van der Waals surface area contributed by atoms with Crippen LogP contribution in [-0.2, 0) is 14.3 Å². The lowest BCUT2D eigenvalue weighted by Gasteiger charge is -2.30. The molecule has 178 valence electrons. The number of hydrogen-bond acceptors (Lipinski definition) is 7. The van der Waals surface area contributed by atoms with Crippen LogP contribution < -0.4 is 10.1 Å². The summed E-state index contributed by atoms with van der Waals surface area (Å²) < 4.78 is 16.6. The van der Waals surface area contributed by atoms with Gasteiger partial charge in [0, 0.05) is 19.6 Å². The molecule has 2 aromatic rings. The van der Waals surface area contributed by atoms with Gasteiger partial charge in [0.1, 0.15) is 11.4 Å². The maximum absolute atomic E-state index is 13.2. The summed E-state index contributed by atoms with van der Waals surface area (Å²) in [6, 6.07) is 9.22. The fourth-order valence-electron chi connectivity index (χ4n) is 4.35. The highest BCUT2D eigenvalue weighted by atomic mass is 16.6. The maximum Gasteiger partial charge on any atom is 0.339 e. The Bertz CT molecular complexity index is 1030. The van der Waals surface area contributed by atoms with Crippen LogP contribution in [0, 0.1) is 6.92 Å². The van der Waals surface area contributed by atoms with Crippen molar-refractivity contribution in [3.8, 4) is 5.75 Å². The minimum Gasteiger partial charge on any atom is -0.497 e. The molecular weight excluding hydrogens is 424 g/mol. The lowest BCUT2D eigenvalue weighted by molar-refractivity contribution is -0.133. The Labute approximate surface area is 193 Å². The van der Waals surface area contributed by atoms with Gasteiger partial charge in [-0.1, -0.05) is 18.2 Å². The molecule has 2 N–H and O–H groups in total. The standard InChI is InChI=1S/C25H32N2O6/c1-16-6-4-8-19-20(16)12-18(31-3)13-21(19)24(30)33-22(25(2)15-32-25)23(29)26-9-11-27-10-5-7-17(28)14-27/h4,6,8,12-13,17,22,28H,5,7,9-11,14-15H2,1-3H3,(H,26,29)/t17?,22-,25+/m1/s1. The second-order valence-corrected chi connectivity index (χ2v) is 9.12. The third-order valence-corrected chi connectivity index (χ3v) is 6.47. The number of ether oxygens (including phenoxy) is 3. The molecule has 4 rings (SSSR count). The van der Waals surface area contributed by atoms with E-state index in [2.05, 4.69) is 10.2 Å². The van der Waals surface area contributed by atoms with Crippen LogP contribution in [-0.4, -0.2) is 79.6 Å². The van der Waals surface area contributed by atoms with Crippen LogP contribution in [0.15, 0.2) is 30.3 Å². The van der Waals surface area contributed by atoms with E-state index in [1.54, 1.807) is 20.1 Å². The third-order valence-electron chi connectivity index (χ3n) is 6.47. The van der Waals surface area contributed by atoms with Gasteiger partial charge in [0.15, 0.2) is 0 Å². The number of nitrogens with one attached hydrogen (secondary N) is 1. The predicted molar refractivity (Wildman–Crippen MR) is 123 cm³/mol. The summed E-state index contributed by atoms with van der Waals surface area (Å²) in [5.74, 6) is -0.438. The summed E-state index contributed by atoms with van der Waals surface area (Å²) in [4.78, 5) is 28.3. The predicted octanol–water partition coefficient (Wildman–Crippen LogP) is 2.04. The van der Waals surface area contributed by atoms with Crippen LogP contribution in [0.1, 0.15) is 35.7 Å². The van der Waals surface area contributed by atoms with Gasteiger partial charge >= 0.3 is 5.97 Å². The zero-order valence-corrected chi connectivity index (χ0v) is 19.4. The molecule has 0 bridgehead atoms. The van der Waals surface area contributed by atoms with Gasteiger partial charge in [-0.2, -0.15) is 0 Å². The van der Waals surface area contributed by atoms with Crippen molar-refractivity contribution in [1.29, 1.82) is 0 Å². The van der Waals surface area contributed by atoms with E-state index in [1.807, 2.05) is 31.2 Å². The Hall–Kier alpha value is -2.68. The van der Waals surface area contributed by atoms with Gasteiger partial charge in [-0.25, -0.2) is 4.79 Å². The molecule has 2 aromatic carbocycles. The summed E-state index contributed by atoms with van der Waals surface area (Å²) in [6.45, 7) is 6.60. The molecular formula is C25H32N2O6. The van der Waals surface area contributed by atoms with Crippen molar-refractivity contribution in [2.75, 3.05) is 39.9 Å². The van der Waals surface area contributed by atoms with E-state index in [4.69, 9.17) is 14.2 Å². The highest BCUT2D eigenvalue weighted by molar-refractivity contribution is 6.06.